The predicted molar refractivity (Wildman–Crippen MR) is 62.5 cm³/mol. The molecule has 0 amide bonds. The molecular weight excluding hydrogens is 214 g/mol. The van der Waals surface area contributed by atoms with Crippen LogP contribution in [-0.4, -0.2) is 24.2 Å². The van der Waals surface area contributed by atoms with Crippen LogP contribution in [0.1, 0.15) is 12.0 Å². The number of rotatable bonds is 6. The highest BCUT2D eigenvalue weighted by atomic mass is 35.5. The second kappa shape index (κ2) is 8.26. The maximum Gasteiger partial charge on any atom is 0.304 e. The van der Waals surface area contributed by atoms with Crippen molar-refractivity contribution in [2.75, 3.05) is 13.1 Å². The Morgan fingerprint density at radius 3 is 2.47 bits per heavy atom. The fraction of sp³-hybridized carbons (Fsp3) is 0.364. The zero-order valence-electron chi connectivity index (χ0n) is 8.48. The topological polar surface area (TPSA) is 49.3 Å². The summed E-state index contributed by atoms with van der Waals surface area (Å²) < 4.78 is 0. The number of aliphatic carboxylic acids is 1. The summed E-state index contributed by atoms with van der Waals surface area (Å²) >= 11 is 0. The summed E-state index contributed by atoms with van der Waals surface area (Å²) in [7, 11) is 0. The highest BCUT2D eigenvalue weighted by molar-refractivity contribution is 5.85. The molecule has 0 unspecified atom stereocenters. The number of benzene rings is 1. The van der Waals surface area contributed by atoms with Crippen molar-refractivity contribution in [2.45, 2.75) is 12.8 Å². The predicted octanol–water partition coefficient (Wildman–Crippen LogP) is 1.72. The Bertz CT molecular complexity index is 277. The van der Waals surface area contributed by atoms with Crippen molar-refractivity contribution in [3.8, 4) is 0 Å². The molecule has 0 bridgehead atoms. The average Bonchev–Trinajstić information content (AvgIpc) is 2.18. The van der Waals surface area contributed by atoms with Gasteiger partial charge in [0.1, 0.15) is 0 Å². The van der Waals surface area contributed by atoms with E-state index in [1.807, 2.05) is 18.2 Å². The van der Waals surface area contributed by atoms with Gasteiger partial charge in [0, 0.05) is 6.54 Å². The van der Waals surface area contributed by atoms with Crippen LogP contribution in [0.2, 0.25) is 0 Å². The molecule has 0 heterocycles. The van der Waals surface area contributed by atoms with Crippen LogP contribution in [0, 0.1) is 0 Å². The van der Waals surface area contributed by atoms with Gasteiger partial charge in [0.2, 0.25) is 0 Å². The van der Waals surface area contributed by atoms with E-state index in [1.165, 1.54) is 5.56 Å². The molecule has 0 aliphatic carbocycles. The van der Waals surface area contributed by atoms with Crippen LogP contribution in [0.25, 0.3) is 0 Å². The summed E-state index contributed by atoms with van der Waals surface area (Å²) in [6.07, 6.45) is 1.13. The molecule has 15 heavy (non-hydrogen) atoms. The Labute approximate surface area is 95.9 Å². The molecule has 2 N–H and O–H groups in total. The molecule has 0 aliphatic heterocycles. The van der Waals surface area contributed by atoms with E-state index in [1.54, 1.807) is 0 Å². The van der Waals surface area contributed by atoms with E-state index in [2.05, 4.69) is 17.4 Å². The molecule has 0 aromatic heterocycles. The number of carbonyl (C=O) groups is 1. The van der Waals surface area contributed by atoms with Gasteiger partial charge < -0.3 is 10.4 Å². The number of carboxylic acids is 1. The van der Waals surface area contributed by atoms with Crippen LogP contribution < -0.4 is 5.32 Å². The molecule has 84 valence electrons. The first-order chi connectivity index (χ1) is 6.79. The molecule has 0 saturated carbocycles. The van der Waals surface area contributed by atoms with E-state index < -0.39 is 5.97 Å². The smallest absolute Gasteiger partial charge is 0.304 e. The maximum absolute atomic E-state index is 10.2. The van der Waals surface area contributed by atoms with Crippen molar-refractivity contribution < 1.29 is 9.90 Å². The van der Waals surface area contributed by atoms with Crippen LogP contribution >= 0.6 is 12.4 Å². The molecular formula is C11H16ClNO2. The Morgan fingerprint density at radius 1 is 1.20 bits per heavy atom. The first kappa shape index (κ1) is 13.9. The van der Waals surface area contributed by atoms with Crippen molar-refractivity contribution in [1.82, 2.24) is 5.32 Å². The molecule has 0 radical (unpaired) electrons. The lowest BCUT2D eigenvalue weighted by atomic mass is 10.1. The Balaban J connectivity index is 0.00000196. The fourth-order valence-electron chi connectivity index (χ4n) is 1.20. The van der Waals surface area contributed by atoms with Gasteiger partial charge in [-0.3, -0.25) is 4.79 Å². The third kappa shape index (κ3) is 6.94. The van der Waals surface area contributed by atoms with Gasteiger partial charge in [-0.2, -0.15) is 0 Å². The summed E-state index contributed by atoms with van der Waals surface area (Å²) in [5.74, 6) is -0.753. The van der Waals surface area contributed by atoms with E-state index in [4.69, 9.17) is 5.11 Å². The summed E-state index contributed by atoms with van der Waals surface area (Å²) in [4.78, 5) is 10.2. The lowest BCUT2D eigenvalue weighted by Crippen LogP contribution is -2.20. The quantitative estimate of drug-likeness (QED) is 0.731. The van der Waals surface area contributed by atoms with Gasteiger partial charge in [-0.15, -0.1) is 12.4 Å². The lowest BCUT2D eigenvalue weighted by molar-refractivity contribution is -0.136. The van der Waals surface area contributed by atoms with E-state index in [0.29, 0.717) is 6.54 Å². The minimum atomic E-state index is -0.753. The van der Waals surface area contributed by atoms with Gasteiger partial charge >= 0.3 is 5.97 Å². The minimum absolute atomic E-state index is 0. The van der Waals surface area contributed by atoms with Crippen LogP contribution in [0.4, 0.5) is 0 Å². The molecule has 1 aromatic carbocycles. The molecule has 3 nitrogen and oxygen atoms in total. The van der Waals surface area contributed by atoms with Crippen molar-refractivity contribution in [3.05, 3.63) is 35.9 Å². The SMILES string of the molecule is Cl.O=C(O)CCNCCc1ccccc1. The fourth-order valence-corrected chi connectivity index (χ4v) is 1.20. The Kier molecular flexibility index (Phi) is 7.68. The van der Waals surface area contributed by atoms with Gasteiger partial charge in [0.05, 0.1) is 6.42 Å². The molecule has 0 aliphatic rings. The van der Waals surface area contributed by atoms with Gasteiger partial charge in [-0.1, -0.05) is 30.3 Å². The Hall–Kier alpha value is -1.06. The van der Waals surface area contributed by atoms with E-state index in [-0.39, 0.29) is 18.8 Å². The third-order valence-corrected chi connectivity index (χ3v) is 1.95. The van der Waals surface area contributed by atoms with Gasteiger partial charge in [0.15, 0.2) is 0 Å². The van der Waals surface area contributed by atoms with Crippen LogP contribution in [0.5, 0.6) is 0 Å². The standard InChI is InChI=1S/C11H15NO2.ClH/c13-11(14)7-9-12-8-6-10-4-2-1-3-5-10;/h1-5,12H,6-9H2,(H,13,14);1H. The van der Waals surface area contributed by atoms with Crippen molar-refractivity contribution in [1.29, 1.82) is 0 Å². The van der Waals surface area contributed by atoms with E-state index in [0.717, 1.165) is 13.0 Å². The zero-order chi connectivity index (χ0) is 10.2. The summed E-state index contributed by atoms with van der Waals surface area (Å²) in [5.41, 5.74) is 1.27. The number of carboxylic acid groups (broad SMARTS) is 1. The number of nitrogens with one attached hydrogen (secondary N) is 1. The number of halogens is 1. The Morgan fingerprint density at radius 2 is 1.87 bits per heavy atom. The van der Waals surface area contributed by atoms with Crippen molar-refractivity contribution in [2.24, 2.45) is 0 Å². The monoisotopic (exact) mass is 229 g/mol. The normalized spacial score (nSPS) is 9.33. The molecule has 0 saturated heterocycles. The summed E-state index contributed by atoms with van der Waals surface area (Å²) in [6, 6.07) is 10.1. The largest absolute Gasteiger partial charge is 0.481 e. The lowest BCUT2D eigenvalue weighted by Gasteiger charge is -2.02. The molecule has 4 heteroatoms. The first-order valence-corrected chi connectivity index (χ1v) is 4.75. The van der Waals surface area contributed by atoms with Gasteiger partial charge in [-0.25, -0.2) is 0 Å². The highest BCUT2D eigenvalue weighted by Gasteiger charge is 1.95. The molecule has 0 fully saturated rings. The van der Waals surface area contributed by atoms with Crippen LogP contribution in [-0.2, 0) is 11.2 Å². The van der Waals surface area contributed by atoms with E-state index >= 15 is 0 Å². The van der Waals surface area contributed by atoms with Crippen molar-refractivity contribution in [3.63, 3.8) is 0 Å². The summed E-state index contributed by atoms with van der Waals surface area (Å²) in [5, 5.41) is 11.5. The second-order valence-corrected chi connectivity index (χ2v) is 3.13. The second-order valence-electron chi connectivity index (χ2n) is 3.13. The minimum Gasteiger partial charge on any atom is -0.481 e. The molecule has 0 spiro atoms. The van der Waals surface area contributed by atoms with Gasteiger partial charge in [-0.05, 0) is 18.5 Å². The highest BCUT2D eigenvalue weighted by Crippen LogP contribution is 1.97. The summed E-state index contributed by atoms with van der Waals surface area (Å²) in [6.45, 7) is 1.37. The number of hydrogen-bond acceptors (Lipinski definition) is 2. The maximum atomic E-state index is 10.2. The zero-order valence-corrected chi connectivity index (χ0v) is 9.30. The third-order valence-electron chi connectivity index (χ3n) is 1.95. The first-order valence-electron chi connectivity index (χ1n) is 4.75. The average molecular weight is 230 g/mol. The van der Waals surface area contributed by atoms with Crippen LogP contribution in [0.3, 0.4) is 0 Å². The molecule has 1 rings (SSSR count). The molecule has 0 atom stereocenters. The molecule has 1 aromatic rings. The van der Waals surface area contributed by atoms with E-state index in [9.17, 15) is 4.79 Å². The van der Waals surface area contributed by atoms with Crippen LogP contribution in [0.15, 0.2) is 30.3 Å². The number of hydrogen-bond donors (Lipinski definition) is 2. The van der Waals surface area contributed by atoms with Gasteiger partial charge in [0.25, 0.3) is 0 Å². The van der Waals surface area contributed by atoms with Crippen molar-refractivity contribution >= 4 is 18.4 Å².